The maximum atomic E-state index is 10.6. The van der Waals surface area contributed by atoms with Gasteiger partial charge in [-0.2, -0.15) is 0 Å². The Morgan fingerprint density at radius 3 is 2.09 bits per heavy atom. The Morgan fingerprint density at radius 2 is 1.82 bits per heavy atom. The molecular weight excluding hydrogens is 166 g/mol. The van der Waals surface area contributed by atoms with Crippen LogP contribution in [0, 0.1) is 0 Å². The number of carbonyl (C=O) groups excluding carboxylic acids is 1. The molecule has 5 nitrogen and oxygen atoms in total. The molecule has 0 spiro atoms. The summed E-state index contributed by atoms with van der Waals surface area (Å²) in [5, 5.41) is 9.67. The fourth-order valence-corrected chi connectivity index (χ4v) is 0.998. The summed E-state index contributed by atoms with van der Waals surface area (Å²) in [6.45, 7) is 5.36. The van der Waals surface area contributed by atoms with E-state index in [9.17, 15) is 9.59 Å². The van der Waals surface area contributed by atoms with Crippen molar-refractivity contribution in [2.24, 2.45) is 0 Å². The SMILES string of the molecule is C[Si](C)(C)OC(=O)NC(=O)O. The van der Waals surface area contributed by atoms with Gasteiger partial charge in [0.25, 0.3) is 0 Å². The Morgan fingerprint density at radius 1 is 1.36 bits per heavy atom. The lowest BCUT2D eigenvalue weighted by Crippen LogP contribution is -2.38. The first kappa shape index (κ1) is 9.96. The van der Waals surface area contributed by atoms with Gasteiger partial charge >= 0.3 is 12.2 Å². The lowest BCUT2D eigenvalue weighted by atomic mass is 11.0. The fourth-order valence-electron chi connectivity index (χ4n) is 0.391. The van der Waals surface area contributed by atoms with Gasteiger partial charge in [-0.25, -0.2) is 14.9 Å². The number of nitrogens with one attached hydrogen (secondary N) is 1. The maximum Gasteiger partial charge on any atom is 0.414 e. The summed E-state index contributed by atoms with van der Waals surface area (Å²) in [6, 6.07) is 0. The van der Waals surface area contributed by atoms with Crippen molar-refractivity contribution in [2.75, 3.05) is 0 Å². The summed E-state index contributed by atoms with van der Waals surface area (Å²) in [6.07, 6.45) is -2.29. The van der Waals surface area contributed by atoms with E-state index in [1.54, 1.807) is 25.0 Å². The van der Waals surface area contributed by atoms with Crippen LogP contribution in [-0.4, -0.2) is 25.6 Å². The van der Waals surface area contributed by atoms with Gasteiger partial charge in [0.2, 0.25) is 8.32 Å². The highest BCUT2D eigenvalue weighted by atomic mass is 28.4. The second kappa shape index (κ2) is 3.38. The molecule has 0 heterocycles. The minimum absolute atomic E-state index is 0.892. The van der Waals surface area contributed by atoms with Crippen molar-refractivity contribution in [3.05, 3.63) is 0 Å². The van der Waals surface area contributed by atoms with E-state index < -0.39 is 20.5 Å². The Balaban J connectivity index is 3.80. The van der Waals surface area contributed by atoms with Gasteiger partial charge in [0.1, 0.15) is 0 Å². The van der Waals surface area contributed by atoms with Gasteiger partial charge in [-0.1, -0.05) is 0 Å². The monoisotopic (exact) mass is 177 g/mol. The van der Waals surface area contributed by atoms with Gasteiger partial charge in [0.05, 0.1) is 0 Å². The topological polar surface area (TPSA) is 75.6 Å². The Bertz CT molecular complexity index is 174. The van der Waals surface area contributed by atoms with E-state index in [2.05, 4.69) is 0 Å². The third kappa shape index (κ3) is 6.85. The molecule has 0 saturated heterocycles. The first-order valence-corrected chi connectivity index (χ1v) is 6.45. The highest BCUT2D eigenvalue weighted by Crippen LogP contribution is 2.01. The van der Waals surface area contributed by atoms with Crippen LogP contribution < -0.4 is 5.32 Å². The van der Waals surface area contributed by atoms with Gasteiger partial charge in [0, 0.05) is 0 Å². The summed E-state index contributed by atoms with van der Waals surface area (Å²) < 4.78 is 4.76. The number of rotatable bonds is 1. The quantitative estimate of drug-likeness (QED) is 0.590. The van der Waals surface area contributed by atoms with Crippen LogP contribution in [0.4, 0.5) is 9.59 Å². The van der Waals surface area contributed by atoms with Crippen molar-refractivity contribution in [1.29, 1.82) is 0 Å². The molecule has 0 atom stereocenters. The molecule has 0 aromatic heterocycles. The molecule has 0 aromatic carbocycles. The van der Waals surface area contributed by atoms with Crippen LogP contribution in [-0.2, 0) is 4.43 Å². The zero-order chi connectivity index (χ0) is 9.07. The number of carboxylic acid groups (broad SMARTS) is 1. The zero-order valence-corrected chi connectivity index (χ0v) is 7.67. The van der Waals surface area contributed by atoms with Gasteiger partial charge in [-0.3, -0.25) is 0 Å². The molecule has 0 aromatic rings. The fraction of sp³-hybridized carbons (Fsp3) is 0.600. The zero-order valence-electron chi connectivity index (χ0n) is 6.67. The van der Waals surface area contributed by atoms with E-state index >= 15 is 0 Å². The predicted molar refractivity (Wildman–Crippen MR) is 41.0 cm³/mol. The average Bonchev–Trinajstić information content (AvgIpc) is 1.53. The second-order valence-electron chi connectivity index (χ2n) is 2.93. The van der Waals surface area contributed by atoms with E-state index in [0.717, 1.165) is 0 Å². The van der Waals surface area contributed by atoms with Crippen LogP contribution in [0.2, 0.25) is 19.6 Å². The highest BCUT2D eigenvalue weighted by molar-refractivity contribution is 6.71. The number of hydrogen-bond donors (Lipinski definition) is 2. The third-order valence-electron chi connectivity index (χ3n) is 0.608. The Labute approximate surface area is 65.5 Å². The van der Waals surface area contributed by atoms with Crippen LogP contribution in [0.3, 0.4) is 0 Å². The molecule has 2 amide bonds. The number of hydrogen-bond acceptors (Lipinski definition) is 3. The van der Waals surface area contributed by atoms with Crippen molar-refractivity contribution >= 4 is 20.5 Å². The first-order chi connectivity index (χ1) is 4.81. The van der Waals surface area contributed by atoms with Crippen molar-refractivity contribution in [3.63, 3.8) is 0 Å². The predicted octanol–water partition coefficient (Wildman–Crippen LogP) is 1.23. The number of imide groups is 1. The van der Waals surface area contributed by atoms with Crippen molar-refractivity contribution in [3.8, 4) is 0 Å². The Hall–Kier alpha value is -1.04. The van der Waals surface area contributed by atoms with E-state index in [-0.39, 0.29) is 0 Å². The molecule has 2 N–H and O–H groups in total. The molecule has 0 unspecified atom stereocenters. The standard InChI is InChI=1S/C5H11NO4Si/c1-11(2,3)10-5(9)6-4(7)8/h1-3H3,(H,6,9)(H,7,8). The normalized spacial score (nSPS) is 10.5. The molecule has 0 aliphatic rings. The minimum Gasteiger partial charge on any atom is -0.504 e. The summed E-state index contributed by atoms with van der Waals surface area (Å²) in [7, 11) is -1.96. The molecule has 0 radical (unpaired) electrons. The van der Waals surface area contributed by atoms with E-state index in [1.807, 2.05) is 0 Å². The van der Waals surface area contributed by atoms with Gasteiger partial charge < -0.3 is 9.53 Å². The van der Waals surface area contributed by atoms with Gasteiger partial charge in [-0.15, -0.1) is 0 Å². The van der Waals surface area contributed by atoms with Crippen LogP contribution in [0.15, 0.2) is 0 Å². The number of carbonyl (C=O) groups is 2. The summed E-state index contributed by atoms with van der Waals surface area (Å²) in [5.41, 5.74) is 0. The van der Waals surface area contributed by atoms with Gasteiger partial charge in [0.15, 0.2) is 0 Å². The van der Waals surface area contributed by atoms with Crippen LogP contribution >= 0.6 is 0 Å². The molecule has 6 heteroatoms. The molecule has 11 heavy (non-hydrogen) atoms. The minimum atomic E-state index is -1.96. The molecule has 0 rings (SSSR count). The van der Waals surface area contributed by atoms with Crippen molar-refractivity contribution in [2.45, 2.75) is 19.6 Å². The number of amides is 2. The molecular formula is C5H11NO4Si. The lowest BCUT2D eigenvalue weighted by molar-refractivity contribution is 0.177. The van der Waals surface area contributed by atoms with Crippen LogP contribution in [0.25, 0.3) is 0 Å². The van der Waals surface area contributed by atoms with Crippen molar-refractivity contribution in [1.82, 2.24) is 5.32 Å². The highest BCUT2D eigenvalue weighted by Gasteiger charge is 2.20. The summed E-state index contributed by atoms with van der Waals surface area (Å²) in [4.78, 5) is 20.5. The Kier molecular flexibility index (Phi) is 3.06. The van der Waals surface area contributed by atoms with Crippen LogP contribution in [0.1, 0.15) is 0 Å². The molecule has 0 aliphatic carbocycles. The van der Waals surface area contributed by atoms with E-state index in [0.29, 0.717) is 0 Å². The molecule has 0 bridgehead atoms. The maximum absolute atomic E-state index is 10.6. The molecule has 0 aliphatic heterocycles. The first-order valence-electron chi connectivity index (χ1n) is 3.04. The largest absolute Gasteiger partial charge is 0.504 e. The second-order valence-corrected chi connectivity index (χ2v) is 7.36. The smallest absolute Gasteiger partial charge is 0.414 e. The molecule has 0 saturated carbocycles. The molecule has 0 fully saturated rings. The van der Waals surface area contributed by atoms with Crippen molar-refractivity contribution < 1.29 is 19.1 Å². The summed E-state index contributed by atoms with van der Waals surface area (Å²) in [5.74, 6) is 0. The van der Waals surface area contributed by atoms with Crippen LogP contribution in [0.5, 0.6) is 0 Å². The third-order valence-corrected chi connectivity index (χ3v) is 1.41. The van der Waals surface area contributed by atoms with E-state index in [4.69, 9.17) is 9.53 Å². The van der Waals surface area contributed by atoms with Gasteiger partial charge in [-0.05, 0) is 19.6 Å². The molecule has 64 valence electrons. The lowest BCUT2D eigenvalue weighted by Gasteiger charge is -2.15. The average molecular weight is 177 g/mol. The summed E-state index contributed by atoms with van der Waals surface area (Å²) >= 11 is 0. The van der Waals surface area contributed by atoms with E-state index in [1.165, 1.54) is 0 Å².